The van der Waals surface area contributed by atoms with Crippen molar-refractivity contribution in [3.05, 3.63) is 23.5 Å². The van der Waals surface area contributed by atoms with E-state index in [1.807, 2.05) is 0 Å². The van der Waals surface area contributed by atoms with E-state index in [0.29, 0.717) is 5.69 Å². The second kappa shape index (κ2) is 3.95. The molecule has 76 valence electrons. The maximum Gasteiger partial charge on any atom is 0.337 e. The summed E-state index contributed by atoms with van der Waals surface area (Å²) in [7, 11) is 1.54. The first-order valence-corrected chi connectivity index (χ1v) is 4.16. The van der Waals surface area contributed by atoms with Gasteiger partial charge in [-0.05, 0) is 13.0 Å². The predicted molar refractivity (Wildman–Crippen MR) is 50.2 cm³/mol. The summed E-state index contributed by atoms with van der Waals surface area (Å²) < 4.78 is 1.60. The van der Waals surface area contributed by atoms with Crippen molar-refractivity contribution in [1.82, 2.24) is 9.88 Å². The summed E-state index contributed by atoms with van der Waals surface area (Å²) >= 11 is 0. The molecular formula is C9H12N2O3. The average Bonchev–Trinajstić information content (AvgIpc) is 2.48. The van der Waals surface area contributed by atoms with Gasteiger partial charge in [0.2, 0.25) is 5.91 Å². The van der Waals surface area contributed by atoms with Gasteiger partial charge in [0.25, 0.3) is 0 Å². The molecule has 0 aliphatic rings. The molecule has 1 rings (SSSR count). The fraction of sp³-hybridized carbons (Fsp3) is 0.333. The summed E-state index contributed by atoms with van der Waals surface area (Å²) in [4.78, 5) is 21.7. The predicted octanol–water partition coefficient (Wildman–Crippen LogP) is 0.241. The number of aromatic carboxylic acids is 1. The molecule has 1 aromatic rings. The SMILES string of the molecule is CNC(=O)Cn1ccc(C(=O)O)c1C. The minimum Gasteiger partial charge on any atom is -0.478 e. The highest BCUT2D eigenvalue weighted by Crippen LogP contribution is 2.09. The Balaban J connectivity index is 2.90. The van der Waals surface area contributed by atoms with Crippen LogP contribution in [0.1, 0.15) is 16.1 Å². The maximum absolute atomic E-state index is 11.0. The molecule has 1 heterocycles. The Kier molecular flexibility index (Phi) is 2.91. The maximum atomic E-state index is 11.0. The number of likely N-dealkylation sites (N-methyl/N-ethyl adjacent to an activating group) is 1. The molecule has 0 saturated heterocycles. The van der Waals surface area contributed by atoms with Crippen LogP contribution in [0.4, 0.5) is 0 Å². The van der Waals surface area contributed by atoms with Crippen LogP contribution in [0.5, 0.6) is 0 Å². The first-order valence-electron chi connectivity index (χ1n) is 4.16. The fourth-order valence-electron chi connectivity index (χ4n) is 1.18. The Bertz CT molecular complexity index is 368. The monoisotopic (exact) mass is 196 g/mol. The van der Waals surface area contributed by atoms with E-state index in [2.05, 4.69) is 5.32 Å². The van der Waals surface area contributed by atoms with Crippen LogP contribution in [0.3, 0.4) is 0 Å². The molecule has 1 amide bonds. The minimum absolute atomic E-state index is 0.148. The van der Waals surface area contributed by atoms with E-state index in [9.17, 15) is 9.59 Å². The lowest BCUT2D eigenvalue weighted by atomic mass is 10.2. The van der Waals surface area contributed by atoms with E-state index in [0.717, 1.165) is 0 Å². The zero-order valence-electron chi connectivity index (χ0n) is 8.07. The van der Waals surface area contributed by atoms with E-state index < -0.39 is 5.97 Å². The number of carbonyl (C=O) groups is 2. The molecule has 0 radical (unpaired) electrons. The van der Waals surface area contributed by atoms with Gasteiger partial charge in [0.15, 0.2) is 0 Å². The molecule has 2 N–H and O–H groups in total. The van der Waals surface area contributed by atoms with Crippen LogP contribution in [0, 0.1) is 6.92 Å². The van der Waals surface area contributed by atoms with Crippen molar-refractivity contribution >= 4 is 11.9 Å². The molecule has 0 aliphatic heterocycles. The van der Waals surface area contributed by atoms with Crippen LogP contribution in [0.2, 0.25) is 0 Å². The standard InChI is InChI=1S/C9H12N2O3/c1-6-7(9(13)14)3-4-11(6)5-8(12)10-2/h3-4H,5H2,1-2H3,(H,10,12)(H,13,14). The molecule has 1 aromatic heterocycles. The molecule has 0 saturated carbocycles. The molecule has 5 heteroatoms. The molecule has 0 aromatic carbocycles. The molecular weight excluding hydrogens is 184 g/mol. The first kappa shape index (κ1) is 10.3. The first-order chi connectivity index (χ1) is 6.56. The van der Waals surface area contributed by atoms with Gasteiger partial charge in [0.05, 0.1) is 5.56 Å². The highest BCUT2D eigenvalue weighted by Gasteiger charge is 2.12. The lowest BCUT2D eigenvalue weighted by molar-refractivity contribution is -0.121. The third-order valence-electron chi connectivity index (χ3n) is 2.06. The van der Waals surface area contributed by atoms with Crippen LogP contribution in [-0.2, 0) is 11.3 Å². The number of carboxylic acids is 1. The van der Waals surface area contributed by atoms with Crippen molar-refractivity contribution in [2.45, 2.75) is 13.5 Å². The Hall–Kier alpha value is -1.78. The number of aromatic nitrogens is 1. The number of nitrogens with zero attached hydrogens (tertiary/aromatic N) is 1. The minimum atomic E-state index is -0.974. The average molecular weight is 196 g/mol. The summed E-state index contributed by atoms with van der Waals surface area (Å²) in [6, 6.07) is 1.49. The summed E-state index contributed by atoms with van der Waals surface area (Å²) in [5, 5.41) is 11.2. The number of carboxylic acid groups (broad SMARTS) is 1. The third kappa shape index (κ3) is 1.93. The van der Waals surface area contributed by atoms with Crippen LogP contribution >= 0.6 is 0 Å². The Morgan fingerprint density at radius 3 is 2.64 bits per heavy atom. The zero-order valence-corrected chi connectivity index (χ0v) is 8.07. The summed E-state index contributed by atoms with van der Waals surface area (Å²) in [5.74, 6) is -1.13. The Morgan fingerprint density at radius 1 is 1.57 bits per heavy atom. The normalized spacial score (nSPS) is 9.86. The van der Waals surface area contributed by atoms with E-state index in [1.54, 1.807) is 24.7 Å². The molecule has 0 aliphatic carbocycles. The van der Waals surface area contributed by atoms with E-state index in [4.69, 9.17) is 5.11 Å². The second-order valence-corrected chi connectivity index (χ2v) is 2.92. The van der Waals surface area contributed by atoms with Crippen LogP contribution in [-0.4, -0.2) is 28.6 Å². The molecule has 0 fully saturated rings. The molecule has 0 bridgehead atoms. The lowest BCUT2D eigenvalue weighted by Crippen LogP contribution is -2.23. The smallest absolute Gasteiger partial charge is 0.337 e. The van der Waals surface area contributed by atoms with E-state index in [-0.39, 0.29) is 18.0 Å². The van der Waals surface area contributed by atoms with Crippen molar-refractivity contribution in [3.63, 3.8) is 0 Å². The number of amides is 1. The summed E-state index contributed by atoms with van der Waals surface area (Å²) in [6.45, 7) is 1.82. The van der Waals surface area contributed by atoms with Crippen LogP contribution in [0.25, 0.3) is 0 Å². The lowest BCUT2D eigenvalue weighted by Gasteiger charge is -2.04. The largest absolute Gasteiger partial charge is 0.478 e. The van der Waals surface area contributed by atoms with Gasteiger partial charge in [-0.1, -0.05) is 0 Å². The van der Waals surface area contributed by atoms with Gasteiger partial charge in [0.1, 0.15) is 6.54 Å². The molecule has 0 atom stereocenters. The van der Waals surface area contributed by atoms with Crippen LogP contribution < -0.4 is 5.32 Å². The summed E-state index contributed by atoms with van der Waals surface area (Å²) in [5.41, 5.74) is 0.815. The highest BCUT2D eigenvalue weighted by molar-refractivity contribution is 5.89. The molecule has 5 nitrogen and oxygen atoms in total. The highest BCUT2D eigenvalue weighted by atomic mass is 16.4. The Labute approximate surface area is 81.3 Å². The van der Waals surface area contributed by atoms with Gasteiger partial charge in [-0.15, -0.1) is 0 Å². The number of hydrogen-bond acceptors (Lipinski definition) is 2. The van der Waals surface area contributed by atoms with Gasteiger partial charge in [-0.25, -0.2) is 4.79 Å². The summed E-state index contributed by atoms with van der Waals surface area (Å²) in [6.07, 6.45) is 1.59. The number of hydrogen-bond donors (Lipinski definition) is 2. The molecule has 0 spiro atoms. The van der Waals surface area contributed by atoms with Crippen molar-refractivity contribution < 1.29 is 14.7 Å². The van der Waals surface area contributed by atoms with Crippen molar-refractivity contribution in [2.75, 3.05) is 7.05 Å². The van der Waals surface area contributed by atoms with E-state index in [1.165, 1.54) is 6.07 Å². The van der Waals surface area contributed by atoms with Crippen molar-refractivity contribution in [3.8, 4) is 0 Å². The third-order valence-corrected chi connectivity index (χ3v) is 2.06. The number of carbonyl (C=O) groups excluding carboxylic acids is 1. The zero-order chi connectivity index (χ0) is 10.7. The van der Waals surface area contributed by atoms with Crippen molar-refractivity contribution in [1.29, 1.82) is 0 Å². The van der Waals surface area contributed by atoms with Gasteiger partial charge in [-0.3, -0.25) is 4.79 Å². The van der Waals surface area contributed by atoms with Crippen LogP contribution in [0.15, 0.2) is 12.3 Å². The number of rotatable bonds is 3. The van der Waals surface area contributed by atoms with Gasteiger partial charge in [0, 0.05) is 18.9 Å². The topological polar surface area (TPSA) is 71.3 Å². The molecule has 0 unspecified atom stereocenters. The number of nitrogens with one attached hydrogen (secondary N) is 1. The van der Waals surface area contributed by atoms with Crippen molar-refractivity contribution in [2.24, 2.45) is 0 Å². The quantitative estimate of drug-likeness (QED) is 0.727. The van der Waals surface area contributed by atoms with Gasteiger partial charge >= 0.3 is 5.97 Å². The second-order valence-electron chi connectivity index (χ2n) is 2.92. The van der Waals surface area contributed by atoms with Gasteiger partial charge < -0.3 is 15.0 Å². The fourth-order valence-corrected chi connectivity index (χ4v) is 1.18. The Morgan fingerprint density at radius 2 is 2.21 bits per heavy atom. The molecule has 14 heavy (non-hydrogen) atoms. The van der Waals surface area contributed by atoms with Gasteiger partial charge in [-0.2, -0.15) is 0 Å². The van der Waals surface area contributed by atoms with E-state index >= 15 is 0 Å².